The Morgan fingerprint density at radius 2 is 1.94 bits per heavy atom. The molecule has 1 saturated carbocycles. The Kier molecular flexibility index (Phi) is 4.81. The summed E-state index contributed by atoms with van der Waals surface area (Å²) in [4.78, 5) is 19.5. The molecule has 0 bridgehead atoms. The molecule has 2 rings (SSSR count). The van der Waals surface area contributed by atoms with Gasteiger partial charge in [0.05, 0.1) is 9.26 Å². The van der Waals surface area contributed by atoms with Gasteiger partial charge in [-0.3, -0.25) is 4.79 Å². The first-order valence-corrected chi connectivity index (χ1v) is 8.02. The van der Waals surface area contributed by atoms with Crippen LogP contribution in [0.2, 0.25) is 0 Å². The Hall–Kier alpha value is -0.390. The van der Waals surface area contributed by atoms with Gasteiger partial charge in [-0.1, -0.05) is 20.3 Å². The summed E-state index contributed by atoms with van der Waals surface area (Å²) in [6.07, 6.45) is 7.01. The van der Waals surface area contributed by atoms with E-state index in [1.54, 1.807) is 0 Å². The third-order valence-electron chi connectivity index (χ3n) is 4.10. The number of rotatable bonds is 3. The van der Waals surface area contributed by atoms with Crippen LogP contribution in [0.1, 0.15) is 63.4 Å². The minimum Gasteiger partial charge on any atom is -0.309 e. The van der Waals surface area contributed by atoms with Crippen LogP contribution in [-0.4, -0.2) is 9.97 Å². The van der Waals surface area contributed by atoms with Crippen LogP contribution in [0.5, 0.6) is 0 Å². The second-order valence-electron chi connectivity index (χ2n) is 5.19. The van der Waals surface area contributed by atoms with E-state index >= 15 is 0 Å². The van der Waals surface area contributed by atoms with Crippen LogP contribution >= 0.6 is 22.6 Å². The molecule has 0 radical (unpaired) electrons. The number of hydrogen-bond acceptors (Lipinski definition) is 2. The molecule has 0 atom stereocenters. The number of aromatic amines is 1. The van der Waals surface area contributed by atoms with Crippen molar-refractivity contribution in [2.24, 2.45) is 5.92 Å². The van der Waals surface area contributed by atoms with Crippen LogP contribution in [0.4, 0.5) is 0 Å². The molecule has 1 heterocycles. The zero-order chi connectivity index (χ0) is 13.1. The maximum absolute atomic E-state index is 11.9. The lowest BCUT2D eigenvalue weighted by Crippen LogP contribution is -2.22. The summed E-state index contributed by atoms with van der Waals surface area (Å²) in [6, 6.07) is 0. The Balaban J connectivity index is 2.19. The van der Waals surface area contributed by atoms with Crippen LogP contribution < -0.4 is 5.56 Å². The molecule has 18 heavy (non-hydrogen) atoms. The Labute approximate surface area is 122 Å². The SMILES string of the molecule is CCc1nc(C2CCC(CC)CC2)[nH]c(=O)c1I. The molecule has 1 N–H and O–H groups in total. The fourth-order valence-electron chi connectivity index (χ4n) is 2.80. The van der Waals surface area contributed by atoms with Gasteiger partial charge in [0, 0.05) is 5.92 Å². The molecule has 0 aromatic carbocycles. The molecule has 1 fully saturated rings. The fraction of sp³-hybridized carbons (Fsp3) is 0.714. The monoisotopic (exact) mass is 360 g/mol. The number of hydrogen-bond donors (Lipinski definition) is 1. The largest absolute Gasteiger partial charge is 0.309 e. The number of nitrogens with one attached hydrogen (secondary N) is 1. The molecule has 1 aromatic heterocycles. The summed E-state index contributed by atoms with van der Waals surface area (Å²) < 4.78 is 0.751. The molecule has 0 amide bonds. The van der Waals surface area contributed by atoms with Gasteiger partial charge in [-0.25, -0.2) is 4.98 Å². The molecular weight excluding hydrogens is 339 g/mol. The minimum atomic E-state index is 0.0371. The lowest BCUT2D eigenvalue weighted by atomic mass is 9.80. The van der Waals surface area contributed by atoms with Gasteiger partial charge in [-0.15, -0.1) is 0 Å². The van der Waals surface area contributed by atoms with Gasteiger partial charge in [0.15, 0.2) is 0 Å². The molecule has 0 unspecified atom stereocenters. The standard InChI is InChI=1S/C14H21IN2O/c1-3-9-5-7-10(8-6-9)13-16-11(4-2)12(15)14(18)17-13/h9-10H,3-8H2,1-2H3,(H,16,17,18). The van der Waals surface area contributed by atoms with Crippen molar-refractivity contribution in [3.8, 4) is 0 Å². The summed E-state index contributed by atoms with van der Waals surface area (Å²) in [5.74, 6) is 2.26. The molecule has 4 heteroatoms. The minimum absolute atomic E-state index is 0.0371. The molecule has 1 aliphatic carbocycles. The molecule has 1 aliphatic rings. The van der Waals surface area contributed by atoms with Crippen molar-refractivity contribution in [2.45, 2.75) is 58.3 Å². The predicted octanol–water partition coefficient (Wildman–Crippen LogP) is 3.62. The average molecular weight is 360 g/mol. The molecule has 3 nitrogen and oxygen atoms in total. The zero-order valence-electron chi connectivity index (χ0n) is 11.1. The van der Waals surface area contributed by atoms with Crippen molar-refractivity contribution in [3.63, 3.8) is 0 Å². The van der Waals surface area contributed by atoms with Crippen molar-refractivity contribution in [1.82, 2.24) is 9.97 Å². The van der Waals surface area contributed by atoms with Crippen LogP contribution in [0, 0.1) is 9.49 Å². The highest BCUT2D eigenvalue weighted by molar-refractivity contribution is 14.1. The van der Waals surface area contributed by atoms with E-state index in [9.17, 15) is 4.79 Å². The van der Waals surface area contributed by atoms with Gasteiger partial charge < -0.3 is 4.98 Å². The number of halogens is 1. The first kappa shape index (κ1) is 14.0. The second-order valence-corrected chi connectivity index (χ2v) is 6.27. The van der Waals surface area contributed by atoms with Crippen molar-refractivity contribution < 1.29 is 0 Å². The van der Waals surface area contributed by atoms with Crippen LogP contribution in [0.15, 0.2) is 4.79 Å². The van der Waals surface area contributed by atoms with Crippen LogP contribution in [-0.2, 0) is 6.42 Å². The summed E-state index contributed by atoms with van der Waals surface area (Å²) in [6.45, 7) is 4.33. The number of aromatic nitrogens is 2. The first-order valence-electron chi connectivity index (χ1n) is 6.94. The van der Waals surface area contributed by atoms with Crippen LogP contribution in [0.25, 0.3) is 0 Å². The van der Waals surface area contributed by atoms with E-state index in [0.717, 1.165) is 27.4 Å². The molecule has 1 aromatic rings. The van der Waals surface area contributed by atoms with Crippen molar-refractivity contribution in [1.29, 1.82) is 0 Å². The maximum Gasteiger partial charge on any atom is 0.264 e. The van der Waals surface area contributed by atoms with Crippen LogP contribution in [0.3, 0.4) is 0 Å². The smallest absolute Gasteiger partial charge is 0.264 e. The molecule has 0 aliphatic heterocycles. The van der Waals surface area contributed by atoms with E-state index in [2.05, 4.69) is 46.4 Å². The number of aryl methyl sites for hydroxylation is 1. The summed E-state index contributed by atoms with van der Waals surface area (Å²) in [7, 11) is 0. The van der Waals surface area contributed by atoms with E-state index in [1.165, 1.54) is 32.1 Å². The van der Waals surface area contributed by atoms with Crippen molar-refractivity contribution in [3.05, 3.63) is 25.4 Å². The zero-order valence-corrected chi connectivity index (χ0v) is 13.3. The molecule has 0 saturated heterocycles. The van der Waals surface area contributed by atoms with E-state index in [1.807, 2.05) is 0 Å². The average Bonchev–Trinajstić information content (AvgIpc) is 2.42. The lowest BCUT2D eigenvalue weighted by Gasteiger charge is -2.27. The maximum atomic E-state index is 11.9. The Bertz CT molecular complexity index is 461. The van der Waals surface area contributed by atoms with E-state index < -0.39 is 0 Å². The van der Waals surface area contributed by atoms with E-state index in [4.69, 9.17) is 0 Å². The van der Waals surface area contributed by atoms with Gasteiger partial charge in [-0.05, 0) is 60.6 Å². The molecule has 100 valence electrons. The predicted molar refractivity (Wildman–Crippen MR) is 81.9 cm³/mol. The summed E-state index contributed by atoms with van der Waals surface area (Å²) >= 11 is 2.10. The second kappa shape index (κ2) is 6.17. The third-order valence-corrected chi connectivity index (χ3v) is 5.21. The Morgan fingerprint density at radius 1 is 1.28 bits per heavy atom. The van der Waals surface area contributed by atoms with Gasteiger partial charge in [-0.2, -0.15) is 0 Å². The topological polar surface area (TPSA) is 45.8 Å². The third kappa shape index (κ3) is 2.95. The van der Waals surface area contributed by atoms with Gasteiger partial charge in [0.1, 0.15) is 5.82 Å². The van der Waals surface area contributed by atoms with Crippen molar-refractivity contribution >= 4 is 22.6 Å². The Morgan fingerprint density at radius 3 is 2.50 bits per heavy atom. The number of nitrogens with zero attached hydrogens (tertiary/aromatic N) is 1. The van der Waals surface area contributed by atoms with Gasteiger partial charge >= 0.3 is 0 Å². The fourth-order valence-corrected chi connectivity index (χ4v) is 3.43. The molecular formula is C14H21IN2O. The lowest BCUT2D eigenvalue weighted by molar-refractivity contribution is 0.311. The summed E-state index contributed by atoms with van der Waals surface area (Å²) in [5.41, 5.74) is 0.988. The molecule has 0 spiro atoms. The highest BCUT2D eigenvalue weighted by Crippen LogP contribution is 2.35. The quantitative estimate of drug-likeness (QED) is 0.837. The van der Waals surface area contributed by atoms with E-state index in [-0.39, 0.29) is 5.56 Å². The normalized spacial score (nSPS) is 24.2. The van der Waals surface area contributed by atoms with Crippen molar-refractivity contribution in [2.75, 3.05) is 0 Å². The number of H-pyrrole nitrogens is 1. The highest BCUT2D eigenvalue weighted by Gasteiger charge is 2.23. The summed E-state index contributed by atoms with van der Waals surface area (Å²) in [5, 5.41) is 0. The highest BCUT2D eigenvalue weighted by atomic mass is 127. The van der Waals surface area contributed by atoms with Gasteiger partial charge in [0.2, 0.25) is 0 Å². The van der Waals surface area contributed by atoms with Gasteiger partial charge in [0.25, 0.3) is 5.56 Å². The van der Waals surface area contributed by atoms with E-state index in [0.29, 0.717) is 5.92 Å². The first-order chi connectivity index (χ1) is 8.65.